The average molecular weight is 333 g/mol. The third kappa shape index (κ3) is 3.38. The summed E-state index contributed by atoms with van der Waals surface area (Å²) < 4.78 is 7.40. The second kappa shape index (κ2) is 6.78. The number of ketones is 1. The summed E-state index contributed by atoms with van der Waals surface area (Å²) in [4.78, 5) is 17.0. The van der Waals surface area contributed by atoms with E-state index >= 15 is 0 Å². The number of carbonyl (C=O) groups is 1. The van der Waals surface area contributed by atoms with Gasteiger partial charge in [0.25, 0.3) is 0 Å². The number of benzene rings is 2. The summed E-state index contributed by atoms with van der Waals surface area (Å²) in [5.41, 5.74) is 3.79. The van der Waals surface area contributed by atoms with Gasteiger partial charge in [0.1, 0.15) is 18.2 Å². The van der Waals surface area contributed by atoms with E-state index < -0.39 is 5.92 Å². The number of fused-ring (bicyclic) bond motifs is 1. The Morgan fingerprint density at radius 3 is 2.56 bits per heavy atom. The highest BCUT2D eigenvalue weighted by atomic mass is 16.5. The highest BCUT2D eigenvalue weighted by Crippen LogP contribution is 2.22. The topological polar surface area (TPSA) is 67.9 Å². The molecule has 1 aromatic heterocycles. The standard InChI is InChI=1S/C20H19N3O2/c1-13-8-14(2)10-15(9-13)25-12-19(24)16(11-21)20-22-17-6-4-5-7-18(17)23(20)3/h4-10,16H,12H2,1-3H3. The Labute approximate surface area is 146 Å². The van der Waals surface area contributed by atoms with Crippen molar-refractivity contribution in [3.8, 4) is 11.8 Å². The molecule has 0 aliphatic rings. The minimum Gasteiger partial charge on any atom is -0.486 e. The molecule has 0 N–H and O–H groups in total. The predicted octanol–water partition coefficient (Wildman–Crippen LogP) is 3.45. The molecular weight excluding hydrogens is 314 g/mol. The molecule has 25 heavy (non-hydrogen) atoms. The van der Waals surface area contributed by atoms with Crippen LogP contribution in [0.25, 0.3) is 11.0 Å². The van der Waals surface area contributed by atoms with Crippen LogP contribution in [0.5, 0.6) is 5.75 Å². The first-order valence-corrected chi connectivity index (χ1v) is 8.04. The van der Waals surface area contributed by atoms with Crippen LogP contribution in [-0.4, -0.2) is 21.9 Å². The molecule has 0 amide bonds. The van der Waals surface area contributed by atoms with Crippen LogP contribution >= 0.6 is 0 Å². The van der Waals surface area contributed by atoms with Crippen molar-refractivity contribution >= 4 is 16.8 Å². The number of aryl methyl sites for hydroxylation is 3. The van der Waals surface area contributed by atoms with Gasteiger partial charge in [0.15, 0.2) is 11.7 Å². The molecule has 0 aliphatic carbocycles. The van der Waals surface area contributed by atoms with E-state index in [0.29, 0.717) is 11.6 Å². The monoisotopic (exact) mass is 333 g/mol. The van der Waals surface area contributed by atoms with Crippen LogP contribution in [0.2, 0.25) is 0 Å². The first-order chi connectivity index (χ1) is 12.0. The molecule has 5 heteroatoms. The van der Waals surface area contributed by atoms with Gasteiger partial charge in [0.05, 0.1) is 17.1 Å². The Morgan fingerprint density at radius 1 is 1.24 bits per heavy atom. The van der Waals surface area contributed by atoms with Crippen LogP contribution in [0.15, 0.2) is 42.5 Å². The zero-order valence-corrected chi connectivity index (χ0v) is 14.5. The van der Waals surface area contributed by atoms with Crippen molar-refractivity contribution in [3.63, 3.8) is 0 Å². The van der Waals surface area contributed by atoms with Crippen molar-refractivity contribution in [1.82, 2.24) is 9.55 Å². The number of imidazole rings is 1. The number of hydrogen-bond donors (Lipinski definition) is 0. The lowest BCUT2D eigenvalue weighted by Gasteiger charge is -2.11. The number of para-hydroxylation sites is 2. The number of Topliss-reactive ketones (excluding diaryl/α,β-unsaturated/α-hetero) is 1. The van der Waals surface area contributed by atoms with E-state index in [1.807, 2.05) is 63.4 Å². The Morgan fingerprint density at radius 2 is 1.92 bits per heavy atom. The van der Waals surface area contributed by atoms with Gasteiger partial charge in [-0.3, -0.25) is 4.79 Å². The molecular formula is C20H19N3O2. The molecule has 0 saturated heterocycles. The number of rotatable bonds is 5. The van der Waals surface area contributed by atoms with Crippen molar-refractivity contribution in [2.24, 2.45) is 7.05 Å². The highest BCUT2D eigenvalue weighted by molar-refractivity contribution is 5.90. The van der Waals surface area contributed by atoms with Gasteiger partial charge >= 0.3 is 0 Å². The molecule has 1 atom stereocenters. The van der Waals surface area contributed by atoms with E-state index in [2.05, 4.69) is 11.1 Å². The summed E-state index contributed by atoms with van der Waals surface area (Å²) in [5.74, 6) is -0.186. The maximum Gasteiger partial charge on any atom is 0.194 e. The van der Waals surface area contributed by atoms with E-state index in [0.717, 1.165) is 22.2 Å². The molecule has 1 heterocycles. The number of hydrogen-bond acceptors (Lipinski definition) is 4. The third-order valence-electron chi connectivity index (χ3n) is 4.11. The van der Waals surface area contributed by atoms with Crippen molar-refractivity contribution in [1.29, 1.82) is 5.26 Å². The minimum absolute atomic E-state index is 0.162. The van der Waals surface area contributed by atoms with Crippen LogP contribution in [0.4, 0.5) is 0 Å². The van der Waals surface area contributed by atoms with Crippen LogP contribution in [0.1, 0.15) is 22.9 Å². The number of carbonyl (C=O) groups excluding carboxylic acids is 1. The Hall–Kier alpha value is -3.13. The first-order valence-electron chi connectivity index (χ1n) is 8.04. The fourth-order valence-corrected chi connectivity index (χ4v) is 2.95. The van der Waals surface area contributed by atoms with Gasteiger partial charge in [0, 0.05) is 7.05 Å². The molecule has 126 valence electrons. The SMILES string of the molecule is Cc1cc(C)cc(OCC(=O)C(C#N)c2nc3ccccc3n2C)c1. The fraction of sp³-hybridized carbons (Fsp3) is 0.250. The summed E-state index contributed by atoms with van der Waals surface area (Å²) in [6.45, 7) is 3.78. The summed E-state index contributed by atoms with van der Waals surface area (Å²) in [7, 11) is 1.81. The minimum atomic E-state index is -0.955. The van der Waals surface area contributed by atoms with Crippen LogP contribution in [0.3, 0.4) is 0 Å². The van der Waals surface area contributed by atoms with Gasteiger partial charge in [-0.25, -0.2) is 4.98 Å². The first kappa shape index (κ1) is 16.7. The normalized spacial score (nSPS) is 11.9. The molecule has 0 aliphatic heterocycles. The molecule has 0 fully saturated rings. The zero-order valence-electron chi connectivity index (χ0n) is 14.5. The molecule has 3 aromatic rings. The number of nitriles is 1. The Kier molecular flexibility index (Phi) is 4.53. The molecule has 0 radical (unpaired) electrons. The van der Waals surface area contributed by atoms with Gasteiger partial charge in [0.2, 0.25) is 0 Å². The van der Waals surface area contributed by atoms with Crippen molar-refractivity contribution < 1.29 is 9.53 Å². The lowest BCUT2D eigenvalue weighted by molar-refractivity contribution is -0.121. The summed E-state index contributed by atoms with van der Waals surface area (Å²) in [6.07, 6.45) is 0. The van der Waals surface area contributed by atoms with E-state index in [4.69, 9.17) is 4.74 Å². The van der Waals surface area contributed by atoms with E-state index in [1.165, 1.54) is 0 Å². The lowest BCUT2D eigenvalue weighted by Crippen LogP contribution is -2.21. The van der Waals surface area contributed by atoms with Crippen molar-refractivity contribution in [2.75, 3.05) is 6.61 Å². The number of ether oxygens (including phenoxy) is 1. The average Bonchev–Trinajstić information content (AvgIpc) is 2.90. The lowest BCUT2D eigenvalue weighted by atomic mass is 10.1. The molecule has 0 saturated carbocycles. The summed E-state index contributed by atoms with van der Waals surface area (Å²) in [6, 6.07) is 15.4. The van der Waals surface area contributed by atoms with Crippen LogP contribution < -0.4 is 4.74 Å². The highest BCUT2D eigenvalue weighted by Gasteiger charge is 2.26. The molecule has 1 unspecified atom stereocenters. The summed E-state index contributed by atoms with van der Waals surface area (Å²) >= 11 is 0. The quantitative estimate of drug-likeness (QED) is 0.717. The van der Waals surface area contributed by atoms with Gasteiger partial charge in [-0.05, 0) is 49.2 Å². The van der Waals surface area contributed by atoms with E-state index in [1.54, 1.807) is 4.57 Å². The van der Waals surface area contributed by atoms with Gasteiger partial charge in [-0.1, -0.05) is 18.2 Å². The maximum atomic E-state index is 12.5. The molecule has 0 bridgehead atoms. The molecule has 3 rings (SSSR count). The van der Waals surface area contributed by atoms with Crippen LogP contribution in [-0.2, 0) is 11.8 Å². The number of nitrogens with zero attached hydrogens (tertiary/aromatic N) is 3. The van der Waals surface area contributed by atoms with Crippen molar-refractivity contribution in [2.45, 2.75) is 19.8 Å². The van der Waals surface area contributed by atoms with Gasteiger partial charge in [-0.2, -0.15) is 5.26 Å². The number of aromatic nitrogens is 2. The fourth-order valence-electron chi connectivity index (χ4n) is 2.95. The zero-order chi connectivity index (χ0) is 18.0. The largest absolute Gasteiger partial charge is 0.486 e. The van der Waals surface area contributed by atoms with E-state index in [-0.39, 0.29) is 12.4 Å². The maximum absolute atomic E-state index is 12.5. The predicted molar refractivity (Wildman–Crippen MR) is 95.5 cm³/mol. The third-order valence-corrected chi connectivity index (χ3v) is 4.11. The summed E-state index contributed by atoms with van der Waals surface area (Å²) in [5, 5.41) is 9.51. The van der Waals surface area contributed by atoms with E-state index in [9.17, 15) is 10.1 Å². The molecule has 5 nitrogen and oxygen atoms in total. The Balaban J connectivity index is 1.81. The van der Waals surface area contributed by atoms with Crippen molar-refractivity contribution in [3.05, 3.63) is 59.4 Å². The molecule has 2 aromatic carbocycles. The van der Waals surface area contributed by atoms with Gasteiger partial charge < -0.3 is 9.30 Å². The van der Waals surface area contributed by atoms with Gasteiger partial charge in [-0.15, -0.1) is 0 Å². The second-order valence-electron chi connectivity index (χ2n) is 6.16. The smallest absolute Gasteiger partial charge is 0.194 e. The second-order valence-corrected chi connectivity index (χ2v) is 6.16. The van der Waals surface area contributed by atoms with Crippen LogP contribution in [0, 0.1) is 25.2 Å². The Bertz CT molecular complexity index is 962. The molecule has 0 spiro atoms.